The Labute approximate surface area is 168 Å². The van der Waals surface area contributed by atoms with Gasteiger partial charge in [0.1, 0.15) is 5.82 Å². The summed E-state index contributed by atoms with van der Waals surface area (Å²) >= 11 is 1.25. The molecule has 1 atom stereocenters. The van der Waals surface area contributed by atoms with Crippen LogP contribution in [0.2, 0.25) is 0 Å². The number of carbonyl (C=O) groups is 2. The molecule has 3 rings (SSSR count). The average molecular weight is 409 g/mol. The minimum atomic E-state index is -0.550. The first-order valence-electron chi connectivity index (χ1n) is 8.56. The fraction of sp³-hybridized carbons (Fsp3) is 0.300. The van der Waals surface area contributed by atoms with Gasteiger partial charge in [0.2, 0.25) is 5.91 Å². The molecule has 144 valence electrons. The Hall–Kier alpha value is -1.89. The molecule has 0 saturated heterocycles. The van der Waals surface area contributed by atoms with E-state index < -0.39 is 5.82 Å². The topological polar surface area (TPSA) is 58.2 Å². The second-order valence-corrected chi connectivity index (χ2v) is 7.29. The first-order valence-corrected chi connectivity index (χ1v) is 9.54. The highest BCUT2D eigenvalue weighted by molar-refractivity contribution is 8.00. The number of carbonyl (C=O) groups excluding carboxylic acids is 2. The molecule has 27 heavy (non-hydrogen) atoms. The second kappa shape index (κ2) is 9.88. The smallest absolute Gasteiger partial charge is 0.230 e. The van der Waals surface area contributed by atoms with Crippen LogP contribution in [0.25, 0.3) is 0 Å². The summed E-state index contributed by atoms with van der Waals surface area (Å²) in [6.45, 7) is 2.75. The molecular formula is C20H22ClFN2O2S. The maximum Gasteiger partial charge on any atom is 0.230 e. The fourth-order valence-corrected chi connectivity index (χ4v) is 3.81. The predicted molar refractivity (Wildman–Crippen MR) is 108 cm³/mol. The number of benzene rings is 2. The highest BCUT2D eigenvalue weighted by Gasteiger charge is 2.19. The van der Waals surface area contributed by atoms with Crippen LogP contribution in [0, 0.1) is 5.82 Å². The molecule has 4 nitrogen and oxygen atoms in total. The maximum absolute atomic E-state index is 13.8. The molecule has 2 aromatic rings. The van der Waals surface area contributed by atoms with Crippen LogP contribution in [0.1, 0.15) is 34.5 Å². The van der Waals surface area contributed by atoms with Crippen LogP contribution in [-0.4, -0.2) is 30.5 Å². The van der Waals surface area contributed by atoms with E-state index in [9.17, 15) is 14.0 Å². The quantitative estimate of drug-likeness (QED) is 0.567. The zero-order chi connectivity index (χ0) is 18.5. The molecule has 1 unspecified atom stereocenters. The number of thioether (sulfide) groups is 1. The molecule has 0 saturated carbocycles. The molecule has 0 radical (unpaired) electrons. The fourth-order valence-electron chi connectivity index (χ4n) is 3.06. The number of amides is 1. The third kappa shape index (κ3) is 5.54. The number of fused-ring (bicyclic) bond motifs is 1. The molecule has 1 amide bonds. The van der Waals surface area contributed by atoms with Crippen molar-refractivity contribution in [3.63, 3.8) is 0 Å². The molecule has 0 bridgehead atoms. The number of rotatable bonds is 6. The van der Waals surface area contributed by atoms with Crippen molar-refractivity contribution in [3.05, 3.63) is 65.0 Å². The van der Waals surface area contributed by atoms with E-state index in [4.69, 9.17) is 0 Å². The van der Waals surface area contributed by atoms with Crippen LogP contribution >= 0.6 is 24.2 Å². The molecule has 1 heterocycles. The standard InChI is InChI=1S/C20H21FN2O2S.ClH/c1-13(24)16-7-6-15(10-18(16)21)26-12-20(25)23-11-19-17-5-3-2-4-14(17)8-9-22-19;/h2-7,10,19,22H,8-9,11-12H2,1H3,(H,23,25);1H. The summed E-state index contributed by atoms with van der Waals surface area (Å²) in [7, 11) is 0. The zero-order valence-electron chi connectivity index (χ0n) is 15.0. The lowest BCUT2D eigenvalue weighted by Crippen LogP contribution is -2.39. The van der Waals surface area contributed by atoms with Gasteiger partial charge in [-0.2, -0.15) is 0 Å². The summed E-state index contributed by atoms with van der Waals surface area (Å²) in [5.41, 5.74) is 2.62. The first-order chi connectivity index (χ1) is 12.5. The van der Waals surface area contributed by atoms with Gasteiger partial charge in [-0.05, 0) is 49.2 Å². The third-order valence-electron chi connectivity index (χ3n) is 4.41. The van der Waals surface area contributed by atoms with Crippen LogP contribution in [0.4, 0.5) is 4.39 Å². The molecule has 0 aliphatic carbocycles. The van der Waals surface area contributed by atoms with Crippen LogP contribution in [0.15, 0.2) is 47.4 Å². The van der Waals surface area contributed by atoms with E-state index in [2.05, 4.69) is 22.8 Å². The number of halogens is 2. The van der Waals surface area contributed by atoms with Crippen molar-refractivity contribution in [1.29, 1.82) is 0 Å². The summed E-state index contributed by atoms with van der Waals surface area (Å²) in [5, 5.41) is 6.36. The number of Topliss-reactive ketones (excluding diaryl/α,β-unsaturated/α-hetero) is 1. The second-order valence-electron chi connectivity index (χ2n) is 6.25. The van der Waals surface area contributed by atoms with Crippen molar-refractivity contribution in [3.8, 4) is 0 Å². The van der Waals surface area contributed by atoms with E-state index in [1.54, 1.807) is 6.07 Å². The largest absolute Gasteiger partial charge is 0.353 e. The van der Waals surface area contributed by atoms with E-state index in [0.717, 1.165) is 13.0 Å². The van der Waals surface area contributed by atoms with Crippen molar-refractivity contribution >= 4 is 35.9 Å². The summed E-state index contributed by atoms with van der Waals surface area (Å²) in [6.07, 6.45) is 0.998. The number of hydrogen-bond donors (Lipinski definition) is 2. The lowest BCUT2D eigenvalue weighted by Gasteiger charge is -2.27. The van der Waals surface area contributed by atoms with Gasteiger partial charge in [-0.3, -0.25) is 9.59 Å². The maximum atomic E-state index is 13.8. The summed E-state index contributed by atoms with van der Waals surface area (Å²) in [6, 6.07) is 12.8. The van der Waals surface area contributed by atoms with E-state index in [-0.39, 0.29) is 41.5 Å². The SMILES string of the molecule is CC(=O)c1ccc(SCC(=O)NCC2NCCc3ccccc32)cc1F.Cl. The number of hydrogen-bond acceptors (Lipinski definition) is 4. The first kappa shape index (κ1) is 21.4. The van der Waals surface area contributed by atoms with Gasteiger partial charge in [-0.15, -0.1) is 24.2 Å². The van der Waals surface area contributed by atoms with E-state index in [1.807, 2.05) is 12.1 Å². The van der Waals surface area contributed by atoms with Gasteiger partial charge in [0.25, 0.3) is 0 Å². The lowest BCUT2D eigenvalue weighted by atomic mass is 9.94. The van der Waals surface area contributed by atoms with Crippen molar-refractivity contribution < 1.29 is 14.0 Å². The van der Waals surface area contributed by atoms with Crippen LogP contribution in [-0.2, 0) is 11.2 Å². The van der Waals surface area contributed by atoms with E-state index in [1.165, 1.54) is 41.9 Å². The summed E-state index contributed by atoms with van der Waals surface area (Å²) in [4.78, 5) is 24.0. The van der Waals surface area contributed by atoms with E-state index >= 15 is 0 Å². The van der Waals surface area contributed by atoms with Crippen LogP contribution in [0.3, 0.4) is 0 Å². The molecule has 0 aromatic heterocycles. The lowest BCUT2D eigenvalue weighted by molar-refractivity contribution is -0.118. The zero-order valence-corrected chi connectivity index (χ0v) is 16.6. The Balaban J connectivity index is 0.00000261. The minimum absolute atomic E-state index is 0. The van der Waals surface area contributed by atoms with Gasteiger partial charge >= 0.3 is 0 Å². The molecule has 2 N–H and O–H groups in total. The van der Waals surface area contributed by atoms with Gasteiger partial charge in [0, 0.05) is 17.5 Å². The molecule has 0 spiro atoms. The highest BCUT2D eigenvalue weighted by Crippen LogP contribution is 2.23. The van der Waals surface area contributed by atoms with Gasteiger partial charge in [-0.25, -0.2) is 4.39 Å². The van der Waals surface area contributed by atoms with Gasteiger partial charge in [0.05, 0.1) is 11.3 Å². The summed E-state index contributed by atoms with van der Waals surface area (Å²) < 4.78 is 13.8. The molecule has 1 aliphatic rings. The Morgan fingerprint density at radius 1 is 1.26 bits per heavy atom. The molecule has 1 aliphatic heterocycles. The van der Waals surface area contributed by atoms with Crippen molar-refractivity contribution in [1.82, 2.24) is 10.6 Å². The Bertz CT molecular complexity index is 831. The van der Waals surface area contributed by atoms with Crippen molar-refractivity contribution in [2.75, 3.05) is 18.8 Å². The Morgan fingerprint density at radius 3 is 2.78 bits per heavy atom. The van der Waals surface area contributed by atoms with Gasteiger partial charge in [0.15, 0.2) is 5.78 Å². The molecule has 2 aromatic carbocycles. The molecular weight excluding hydrogens is 387 g/mol. The normalized spacial score (nSPS) is 15.4. The third-order valence-corrected chi connectivity index (χ3v) is 5.40. The molecule has 0 fully saturated rings. The number of ketones is 1. The van der Waals surface area contributed by atoms with Crippen molar-refractivity contribution in [2.45, 2.75) is 24.3 Å². The number of nitrogens with one attached hydrogen (secondary N) is 2. The van der Waals surface area contributed by atoms with Crippen LogP contribution < -0.4 is 10.6 Å². The monoisotopic (exact) mass is 408 g/mol. The van der Waals surface area contributed by atoms with E-state index in [0.29, 0.717) is 11.4 Å². The molecule has 7 heteroatoms. The van der Waals surface area contributed by atoms with Crippen molar-refractivity contribution in [2.24, 2.45) is 0 Å². The van der Waals surface area contributed by atoms with Gasteiger partial charge in [-0.1, -0.05) is 24.3 Å². The highest BCUT2D eigenvalue weighted by atomic mass is 35.5. The van der Waals surface area contributed by atoms with Gasteiger partial charge < -0.3 is 10.6 Å². The van der Waals surface area contributed by atoms with Crippen LogP contribution in [0.5, 0.6) is 0 Å². The Morgan fingerprint density at radius 2 is 2.04 bits per heavy atom. The minimum Gasteiger partial charge on any atom is -0.353 e. The predicted octanol–water partition coefficient (Wildman–Crippen LogP) is 3.55. The summed E-state index contributed by atoms with van der Waals surface area (Å²) in [5.74, 6) is -0.758. The average Bonchev–Trinajstić information content (AvgIpc) is 2.64. The Kier molecular flexibility index (Phi) is 7.83.